The lowest BCUT2D eigenvalue weighted by Gasteiger charge is -2.43. The van der Waals surface area contributed by atoms with Crippen molar-refractivity contribution < 1.29 is 9.53 Å². The molecule has 98 valence electrons. The Labute approximate surface area is 108 Å². The molecule has 0 bridgehead atoms. The molecule has 0 aromatic carbocycles. The molecule has 0 saturated heterocycles. The van der Waals surface area contributed by atoms with E-state index < -0.39 is 5.41 Å². The monoisotopic (exact) mass is 248 g/mol. The van der Waals surface area contributed by atoms with Gasteiger partial charge < -0.3 is 9.64 Å². The first kappa shape index (κ1) is 13.1. The number of amides is 1. The van der Waals surface area contributed by atoms with E-state index >= 15 is 0 Å². The smallest absolute Gasteiger partial charge is 0.243 e. The number of nitrogens with zero attached hydrogens (tertiary/aromatic N) is 2. The van der Waals surface area contributed by atoms with Crippen LogP contribution in [-0.4, -0.2) is 37.6 Å². The highest BCUT2D eigenvalue weighted by Crippen LogP contribution is 2.46. The molecule has 0 radical (unpaired) electrons. The average molecular weight is 248 g/mol. The first-order chi connectivity index (χ1) is 8.61. The molecule has 1 heterocycles. The maximum Gasteiger partial charge on any atom is 0.243 e. The molecule has 0 aromatic heterocycles. The number of carbonyl (C=O) groups is 1. The van der Waals surface area contributed by atoms with E-state index in [9.17, 15) is 10.1 Å². The molecular weight excluding hydrogens is 228 g/mol. The van der Waals surface area contributed by atoms with Crippen molar-refractivity contribution in [3.63, 3.8) is 0 Å². The highest BCUT2D eigenvalue weighted by Gasteiger charge is 2.50. The van der Waals surface area contributed by atoms with E-state index in [1.54, 1.807) is 7.11 Å². The van der Waals surface area contributed by atoms with Gasteiger partial charge in [0, 0.05) is 20.2 Å². The molecule has 0 N–H and O–H groups in total. The molecule has 1 aliphatic carbocycles. The van der Waals surface area contributed by atoms with Crippen LogP contribution >= 0.6 is 0 Å². The highest BCUT2D eigenvalue weighted by atomic mass is 16.5. The third kappa shape index (κ3) is 2.28. The second-order valence-corrected chi connectivity index (χ2v) is 5.50. The van der Waals surface area contributed by atoms with Crippen molar-refractivity contribution in [2.75, 3.05) is 26.8 Å². The fraction of sp³-hybridized carbons (Fsp3) is 0.714. The minimum absolute atomic E-state index is 0.0239. The molecule has 0 spiro atoms. The van der Waals surface area contributed by atoms with E-state index in [2.05, 4.69) is 19.1 Å². The molecule has 4 heteroatoms. The van der Waals surface area contributed by atoms with E-state index in [1.165, 1.54) is 5.57 Å². The molecule has 1 amide bonds. The summed E-state index contributed by atoms with van der Waals surface area (Å²) in [6, 6.07) is 2.24. The van der Waals surface area contributed by atoms with Crippen LogP contribution in [-0.2, 0) is 9.53 Å². The van der Waals surface area contributed by atoms with Crippen molar-refractivity contribution in [2.24, 2.45) is 11.3 Å². The van der Waals surface area contributed by atoms with E-state index in [1.807, 2.05) is 4.90 Å². The summed E-state index contributed by atoms with van der Waals surface area (Å²) in [6.07, 6.45) is 4.34. The summed E-state index contributed by atoms with van der Waals surface area (Å²) in [4.78, 5) is 14.2. The Morgan fingerprint density at radius 2 is 2.39 bits per heavy atom. The zero-order valence-electron chi connectivity index (χ0n) is 11.1. The maximum atomic E-state index is 12.4. The number of methoxy groups -OCH3 is 1. The van der Waals surface area contributed by atoms with E-state index in [4.69, 9.17) is 4.74 Å². The molecule has 1 fully saturated rings. The van der Waals surface area contributed by atoms with Crippen molar-refractivity contribution in [3.8, 4) is 6.07 Å². The second-order valence-electron chi connectivity index (χ2n) is 5.50. The van der Waals surface area contributed by atoms with Gasteiger partial charge in [-0.2, -0.15) is 5.26 Å². The Balaban J connectivity index is 1.98. The van der Waals surface area contributed by atoms with Crippen LogP contribution in [0.4, 0.5) is 0 Å². The fourth-order valence-electron chi connectivity index (χ4n) is 2.96. The minimum atomic E-state index is -0.730. The van der Waals surface area contributed by atoms with Gasteiger partial charge in [0.1, 0.15) is 5.41 Å². The lowest BCUT2D eigenvalue weighted by atomic mass is 9.62. The average Bonchev–Trinajstić information content (AvgIpc) is 2.35. The van der Waals surface area contributed by atoms with Crippen molar-refractivity contribution in [1.82, 2.24) is 4.90 Å². The number of carbonyl (C=O) groups excluding carboxylic acids is 1. The topological polar surface area (TPSA) is 53.3 Å². The Morgan fingerprint density at radius 1 is 1.67 bits per heavy atom. The standard InChI is InChI=1S/C14H20N2O2/c1-11-7-14(8-11,10-15)13(17)16-5-3-12(4-6-16)9-18-2/h3,11H,4-9H2,1-2H3. The van der Waals surface area contributed by atoms with Crippen molar-refractivity contribution >= 4 is 5.91 Å². The first-order valence-electron chi connectivity index (χ1n) is 6.49. The summed E-state index contributed by atoms with van der Waals surface area (Å²) >= 11 is 0. The van der Waals surface area contributed by atoms with Crippen molar-refractivity contribution in [2.45, 2.75) is 26.2 Å². The number of rotatable bonds is 3. The van der Waals surface area contributed by atoms with E-state index in [0.717, 1.165) is 6.42 Å². The summed E-state index contributed by atoms with van der Waals surface area (Å²) in [7, 11) is 1.68. The molecule has 2 rings (SSSR count). The zero-order valence-corrected chi connectivity index (χ0v) is 11.1. The molecule has 2 aliphatic rings. The van der Waals surface area contributed by atoms with Crippen LogP contribution in [0.25, 0.3) is 0 Å². The van der Waals surface area contributed by atoms with Gasteiger partial charge >= 0.3 is 0 Å². The van der Waals surface area contributed by atoms with Gasteiger partial charge in [-0.3, -0.25) is 4.79 Å². The summed E-state index contributed by atoms with van der Waals surface area (Å²) < 4.78 is 5.09. The fourth-order valence-corrected chi connectivity index (χ4v) is 2.96. The van der Waals surface area contributed by atoms with Crippen molar-refractivity contribution in [3.05, 3.63) is 11.6 Å². The number of hydrogen-bond acceptors (Lipinski definition) is 3. The number of nitriles is 1. The van der Waals surface area contributed by atoms with Gasteiger partial charge in [-0.15, -0.1) is 0 Å². The van der Waals surface area contributed by atoms with Crippen LogP contribution < -0.4 is 0 Å². The molecule has 0 aromatic rings. The maximum absolute atomic E-state index is 12.4. The summed E-state index contributed by atoms with van der Waals surface area (Å²) in [5.41, 5.74) is 0.515. The summed E-state index contributed by atoms with van der Waals surface area (Å²) in [6.45, 7) is 4.07. The molecule has 1 saturated carbocycles. The highest BCUT2D eigenvalue weighted by molar-refractivity contribution is 5.86. The SMILES string of the molecule is COCC1=CCN(C(=O)C2(C#N)CC(C)C2)CC1. The normalized spacial score (nSPS) is 31.3. The van der Waals surface area contributed by atoms with Crippen molar-refractivity contribution in [1.29, 1.82) is 5.26 Å². The van der Waals surface area contributed by atoms with E-state index in [0.29, 0.717) is 38.5 Å². The van der Waals surface area contributed by atoms with Crippen LogP contribution in [0.1, 0.15) is 26.2 Å². The van der Waals surface area contributed by atoms with Crippen LogP contribution in [0, 0.1) is 22.7 Å². The largest absolute Gasteiger partial charge is 0.380 e. The van der Waals surface area contributed by atoms with Gasteiger partial charge in [0.15, 0.2) is 0 Å². The van der Waals surface area contributed by atoms with Gasteiger partial charge in [-0.25, -0.2) is 0 Å². The van der Waals surface area contributed by atoms with Crippen LogP contribution in [0.15, 0.2) is 11.6 Å². The minimum Gasteiger partial charge on any atom is -0.380 e. The van der Waals surface area contributed by atoms with Gasteiger partial charge in [0.2, 0.25) is 5.91 Å². The molecule has 0 atom stereocenters. The molecule has 4 nitrogen and oxygen atoms in total. The summed E-state index contributed by atoms with van der Waals surface area (Å²) in [5.74, 6) is 0.522. The number of hydrogen-bond donors (Lipinski definition) is 0. The lowest BCUT2D eigenvalue weighted by molar-refractivity contribution is -0.145. The second kappa shape index (κ2) is 5.11. The molecule has 18 heavy (non-hydrogen) atoms. The molecular formula is C14H20N2O2. The predicted octanol–water partition coefficient (Wildman–Crippen LogP) is 1.73. The van der Waals surface area contributed by atoms with E-state index in [-0.39, 0.29) is 5.91 Å². The first-order valence-corrected chi connectivity index (χ1v) is 6.49. The third-order valence-electron chi connectivity index (χ3n) is 3.94. The third-order valence-corrected chi connectivity index (χ3v) is 3.94. The van der Waals surface area contributed by atoms with Crippen LogP contribution in [0.2, 0.25) is 0 Å². The lowest BCUT2D eigenvalue weighted by Crippen LogP contribution is -2.51. The Kier molecular flexibility index (Phi) is 3.72. The Bertz CT molecular complexity index is 403. The Morgan fingerprint density at radius 3 is 2.83 bits per heavy atom. The van der Waals surface area contributed by atoms with Gasteiger partial charge in [-0.05, 0) is 30.8 Å². The van der Waals surface area contributed by atoms with Crippen LogP contribution in [0.3, 0.4) is 0 Å². The van der Waals surface area contributed by atoms with Gasteiger partial charge in [-0.1, -0.05) is 13.0 Å². The molecule has 1 aliphatic heterocycles. The quantitative estimate of drug-likeness (QED) is 0.715. The van der Waals surface area contributed by atoms with Gasteiger partial charge in [0.05, 0.1) is 12.7 Å². The Hall–Kier alpha value is -1.34. The van der Waals surface area contributed by atoms with Gasteiger partial charge in [0.25, 0.3) is 0 Å². The molecule has 0 unspecified atom stereocenters. The zero-order chi connectivity index (χ0) is 13.2. The number of ether oxygens (including phenoxy) is 1. The van der Waals surface area contributed by atoms with Crippen LogP contribution in [0.5, 0.6) is 0 Å². The summed E-state index contributed by atoms with van der Waals surface area (Å²) in [5, 5.41) is 9.26. The predicted molar refractivity (Wildman–Crippen MR) is 67.6 cm³/mol.